The zero-order valence-corrected chi connectivity index (χ0v) is 15.4. The van der Waals surface area contributed by atoms with Crippen LogP contribution in [0.1, 0.15) is 10.5 Å². The van der Waals surface area contributed by atoms with Crippen molar-refractivity contribution in [3.05, 3.63) is 75.6 Å². The highest BCUT2D eigenvalue weighted by Crippen LogP contribution is 2.28. The van der Waals surface area contributed by atoms with E-state index in [-0.39, 0.29) is 28.8 Å². The summed E-state index contributed by atoms with van der Waals surface area (Å²) >= 11 is 5.77. The van der Waals surface area contributed by atoms with Crippen LogP contribution in [0.5, 0.6) is 11.5 Å². The zero-order valence-electron chi connectivity index (χ0n) is 14.7. The first-order valence-electron chi connectivity index (χ1n) is 8.02. The summed E-state index contributed by atoms with van der Waals surface area (Å²) in [5.41, 5.74) is -0.186. The van der Waals surface area contributed by atoms with Crippen LogP contribution in [-0.2, 0) is 6.73 Å². The highest BCUT2D eigenvalue weighted by molar-refractivity contribution is 6.31. The van der Waals surface area contributed by atoms with Crippen LogP contribution < -0.4 is 14.8 Å². The summed E-state index contributed by atoms with van der Waals surface area (Å²) in [6.45, 7) is 0.0840. The van der Waals surface area contributed by atoms with E-state index in [1.165, 1.54) is 28.9 Å². The van der Waals surface area contributed by atoms with Crippen LogP contribution in [0, 0.1) is 10.1 Å². The Morgan fingerprint density at radius 2 is 1.93 bits per heavy atom. The monoisotopic (exact) mass is 402 g/mol. The maximum atomic E-state index is 12.3. The number of nitrogens with one attached hydrogen (secondary N) is 1. The average Bonchev–Trinajstić information content (AvgIpc) is 3.17. The Bertz CT molecular complexity index is 1000. The fourth-order valence-electron chi connectivity index (χ4n) is 2.32. The van der Waals surface area contributed by atoms with Crippen molar-refractivity contribution in [2.45, 2.75) is 6.73 Å². The molecule has 0 radical (unpaired) electrons. The number of nitrogens with zero attached hydrogens (tertiary/aromatic N) is 3. The Balaban J connectivity index is 1.64. The zero-order chi connectivity index (χ0) is 20.1. The number of carbonyl (C=O) groups is 1. The lowest BCUT2D eigenvalue weighted by Gasteiger charge is -2.07. The summed E-state index contributed by atoms with van der Waals surface area (Å²) in [7, 11) is 1.57. The topological polar surface area (TPSA) is 109 Å². The summed E-state index contributed by atoms with van der Waals surface area (Å²) in [5, 5.41) is 17.9. The third kappa shape index (κ3) is 4.57. The van der Waals surface area contributed by atoms with Gasteiger partial charge < -0.3 is 14.8 Å². The molecular formula is C18H15ClN4O5. The van der Waals surface area contributed by atoms with Crippen LogP contribution >= 0.6 is 11.6 Å². The Hall–Kier alpha value is -3.59. The minimum absolute atomic E-state index is 0.0310. The van der Waals surface area contributed by atoms with Crippen molar-refractivity contribution in [3.63, 3.8) is 0 Å². The molecule has 0 aliphatic rings. The molecule has 0 saturated carbocycles. The van der Waals surface area contributed by atoms with E-state index in [4.69, 9.17) is 21.1 Å². The smallest absolute Gasteiger partial charge is 0.294 e. The van der Waals surface area contributed by atoms with Crippen LogP contribution in [0.25, 0.3) is 0 Å². The summed E-state index contributed by atoms with van der Waals surface area (Å²) in [6.07, 6.45) is 1.56. The van der Waals surface area contributed by atoms with E-state index in [1.807, 2.05) is 0 Å². The number of methoxy groups -OCH3 is 1. The number of hydrogen-bond acceptors (Lipinski definition) is 6. The molecule has 9 nitrogen and oxygen atoms in total. The number of hydrogen-bond donors (Lipinski definition) is 1. The number of amides is 1. The van der Waals surface area contributed by atoms with Gasteiger partial charge in [0.15, 0.2) is 12.4 Å². The maximum absolute atomic E-state index is 12.3. The van der Waals surface area contributed by atoms with Gasteiger partial charge in [0.2, 0.25) is 0 Å². The normalized spacial score (nSPS) is 10.4. The molecule has 0 aliphatic carbocycles. The number of carbonyl (C=O) groups excluding carboxylic acids is 1. The van der Waals surface area contributed by atoms with Crippen LogP contribution in [0.15, 0.2) is 54.7 Å². The van der Waals surface area contributed by atoms with E-state index < -0.39 is 10.8 Å². The van der Waals surface area contributed by atoms with Crippen molar-refractivity contribution in [3.8, 4) is 11.5 Å². The fraction of sp³-hybridized carbons (Fsp3) is 0.111. The quantitative estimate of drug-likeness (QED) is 0.476. The number of nitro benzene ring substituents is 1. The Kier molecular flexibility index (Phi) is 5.75. The van der Waals surface area contributed by atoms with Gasteiger partial charge in [-0.2, -0.15) is 5.10 Å². The van der Waals surface area contributed by atoms with Gasteiger partial charge in [-0.1, -0.05) is 11.6 Å². The van der Waals surface area contributed by atoms with Gasteiger partial charge in [-0.05, 0) is 42.5 Å². The van der Waals surface area contributed by atoms with E-state index in [2.05, 4.69) is 10.4 Å². The van der Waals surface area contributed by atoms with Crippen LogP contribution in [0.2, 0.25) is 5.02 Å². The fourth-order valence-corrected chi connectivity index (χ4v) is 2.48. The van der Waals surface area contributed by atoms with Crippen LogP contribution in [0.4, 0.5) is 11.4 Å². The summed E-state index contributed by atoms with van der Waals surface area (Å²) in [5.74, 6) is 0.731. The van der Waals surface area contributed by atoms with Gasteiger partial charge >= 0.3 is 0 Å². The van der Waals surface area contributed by atoms with Gasteiger partial charge in [-0.15, -0.1) is 0 Å². The number of aromatic nitrogens is 2. The van der Waals surface area contributed by atoms with Gasteiger partial charge in [0.05, 0.1) is 12.0 Å². The molecule has 0 bridgehead atoms. The number of benzene rings is 2. The van der Waals surface area contributed by atoms with Gasteiger partial charge in [0.1, 0.15) is 17.2 Å². The van der Waals surface area contributed by atoms with E-state index in [0.717, 1.165) is 0 Å². The molecule has 1 N–H and O–H groups in total. The van der Waals surface area contributed by atoms with Gasteiger partial charge in [-0.25, -0.2) is 4.68 Å². The highest BCUT2D eigenvalue weighted by Gasteiger charge is 2.18. The molecule has 1 aromatic heterocycles. The largest absolute Gasteiger partial charge is 0.497 e. The second-order valence-electron chi connectivity index (χ2n) is 5.56. The molecule has 28 heavy (non-hydrogen) atoms. The number of ether oxygens (including phenoxy) is 2. The first kappa shape index (κ1) is 19.2. The predicted molar refractivity (Wildman–Crippen MR) is 102 cm³/mol. The lowest BCUT2D eigenvalue weighted by molar-refractivity contribution is -0.383. The maximum Gasteiger partial charge on any atom is 0.294 e. The van der Waals surface area contributed by atoms with Crippen LogP contribution in [0.3, 0.4) is 0 Å². The molecule has 0 spiro atoms. The molecule has 2 aromatic carbocycles. The third-order valence-electron chi connectivity index (χ3n) is 3.70. The van der Waals surface area contributed by atoms with Gasteiger partial charge in [0.25, 0.3) is 11.6 Å². The lowest BCUT2D eigenvalue weighted by atomic mass is 10.2. The van der Waals surface area contributed by atoms with Gasteiger partial charge in [0, 0.05) is 17.3 Å². The van der Waals surface area contributed by atoms with Crippen molar-refractivity contribution < 1.29 is 19.2 Å². The molecule has 0 unspecified atom stereocenters. The minimum Gasteiger partial charge on any atom is -0.497 e. The van der Waals surface area contributed by atoms with E-state index in [9.17, 15) is 14.9 Å². The van der Waals surface area contributed by atoms with E-state index in [0.29, 0.717) is 11.5 Å². The van der Waals surface area contributed by atoms with Gasteiger partial charge in [-0.3, -0.25) is 14.9 Å². The lowest BCUT2D eigenvalue weighted by Crippen LogP contribution is -2.15. The number of anilines is 1. The predicted octanol–water partition coefficient (Wildman–Crippen LogP) is 3.74. The second-order valence-corrected chi connectivity index (χ2v) is 6.00. The minimum atomic E-state index is -0.622. The number of rotatable bonds is 7. The highest BCUT2D eigenvalue weighted by atomic mass is 35.5. The molecule has 0 atom stereocenters. The van der Waals surface area contributed by atoms with Crippen molar-refractivity contribution in [1.29, 1.82) is 0 Å². The molecule has 144 valence electrons. The third-order valence-corrected chi connectivity index (χ3v) is 3.94. The SMILES string of the molecule is COc1ccc(OCn2ccc(C(=O)Nc3ccc(Cl)cc3[N+](=O)[O-])n2)cc1. The van der Waals surface area contributed by atoms with Crippen molar-refractivity contribution >= 4 is 28.9 Å². The average molecular weight is 403 g/mol. The molecule has 3 aromatic rings. The Labute approximate surface area is 164 Å². The molecule has 3 rings (SSSR count). The van der Waals surface area contributed by atoms with Crippen LogP contribution in [-0.4, -0.2) is 27.7 Å². The van der Waals surface area contributed by atoms with Crippen molar-refractivity contribution in [2.75, 3.05) is 12.4 Å². The first-order valence-corrected chi connectivity index (χ1v) is 8.39. The summed E-state index contributed by atoms with van der Waals surface area (Å²) in [4.78, 5) is 22.8. The summed E-state index contributed by atoms with van der Waals surface area (Å²) < 4.78 is 12.1. The van der Waals surface area contributed by atoms with E-state index >= 15 is 0 Å². The number of nitro groups is 1. The van der Waals surface area contributed by atoms with E-state index in [1.54, 1.807) is 37.6 Å². The molecule has 1 amide bonds. The Morgan fingerprint density at radius 3 is 2.61 bits per heavy atom. The summed E-state index contributed by atoms with van der Waals surface area (Å²) in [6, 6.07) is 12.5. The molecule has 0 saturated heterocycles. The van der Waals surface area contributed by atoms with Crippen molar-refractivity contribution in [2.24, 2.45) is 0 Å². The Morgan fingerprint density at radius 1 is 1.21 bits per heavy atom. The van der Waals surface area contributed by atoms with Crippen molar-refractivity contribution in [1.82, 2.24) is 9.78 Å². The molecule has 0 fully saturated rings. The second kappa shape index (κ2) is 8.40. The molecular weight excluding hydrogens is 388 g/mol. The molecule has 0 aliphatic heterocycles. The number of halogens is 1. The standard InChI is InChI=1S/C18H15ClN4O5/c1-27-13-3-5-14(6-4-13)28-11-22-9-8-16(21-22)18(24)20-15-7-2-12(19)10-17(15)23(25)26/h2-10H,11H2,1H3,(H,20,24). The first-order chi connectivity index (χ1) is 13.5. The molecule has 10 heteroatoms. The molecule has 1 heterocycles.